The standard InChI is InChI=1S/C18H16F3NO2/c19-18(20,21)13-7-5-11(6-8-13)9-16(24)22-17-14-4-2-1-3-12(14)10-15(17)23/h1-8,15,17,23H,9-10H2,(H,22,24). The molecule has 2 unspecified atom stereocenters. The molecule has 3 rings (SSSR count). The molecule has 0 fully saturated rings. The summed E-state index contributed by atoms with van der Waals surface area (Å²) in [7, 11) is 0. The van der Waals surface area contributed by atoms with Crippen molar-refractivity contribution < 1.29 is 23.1 Å². The van der Waals surface area contributed by atoms with E-state index in [9.17, 15) is 23.1 Å². The zero-order valence-corrected chi connectivity index (χ0v) is 12.7. The van der Waals surface area contributed by atoms with Gasteiger partial charge in [-0.2, -0.15) is 13.2 Å². The second-order valence-corrected chi connectivity index (χ2v) is 5.89. The summed E-state index contributed by atoms with van der Waals surface area (Å²) in [6.45, 7) is 0. The molecule has 0 bridgehead atoms. The van der Waals surface area contributed by atoms with Gasteiger partial charge in [-0.25, -0.2) is 0 Å². The highest BCUT2D eigenvalue weighted by Gasteiger charge is 2.32. The van der Waals surface area contributed by atoms with E-state index in [0.29, 0.717) is 12.0 Å². The lowest BCUT2D eigenvalue weighted by molar-refractivity contribution is -0.137. The zero-order chi connectivity index (χ0) is 17.3. The summed E-state index contributed by atoms with van der Waals surface area (Å²) in [6, 6.07) is 11.5. The summed E-state index contributed by atoms with van der Waals surface area (Å²) in [5.41, 5.74) is 1.61. The van der Waals surface area contributed by atoms with Crippen molar-refractivity contribution in [3.63, 3.8) is 0 Å². The molecule has 1 aliphatic carbocycles. The molecule has 126 valence electrons. The number of hydrogen-bond donors (Lipinski definition) is 2. The molecule has 2 aromatic carbocycles. The smallest absolute Gasteiger partial charge is 0.390 e. The molecule has 3 nitrogen and oxygen atoms in total. The Bertz CT molecular complexity index is 741. The van der Waals surface area contributed by atoms with Gasteiger partial charge in [0.1, 0.15) is 0 Å². The molecule has 0 saturated heterocycles. The van der Waals surface area contributed by atoms with Crippen molar-refractivity contribution in [1.29, 1.82) is 0 Å². The third-order valence-electron chi connectivity index (χ3n) is 4.17. The van der Waals surface area contributed by atoms with Gasteiger partial charge in [0.15, 0.2) is 0 Å². The average molecular weight is 335 g/mol. The van der Waals surface area contributed by atoms with Gasteiger partial charge in [-0.3, -0.25) is 4.79 Å². The number of halogens is 3. The third-order valence-corrected chi connectivity index (χ3v) is 4.17. The summed E-state index contributed by atoms with van der Waals surface area (Å²) >= 11 is 0. The minimum absolute atomic E-state index is 0.0382. The van der Waals surface area contributed by atoms with Crippen molar-refractivity contribution in [3.05, 3.63) is 70.8 Å². The van der Waals surface area contributed by atoms with Crippen LogP contribution in [0.15, 0.2) is 48.5 Å². The number of aliphatic hydroxyl groups is 1. The van der Waals surface area contributed by atoms with Gasteiger partial charge in [0.25, 0.3) is 0 Å². The van der Waals surface area contributed by atoms with Gasteiger partial charge >= 0.3 is 6.18 Å². The van der Waals surface area contributed by atoms with Gasteiger partial charge in [-0.05, 0) is 28.8 Å². The molecular weight excluding hydrogens is 319 g/mol. The van der Waals surface area contributed by atoms with Crippen LogP contribution in [0, 0.1) is 0 Å². The molecule has 6 heteroatoms. The first-order chi connectivity index (χ1) is 11.3. The van der Waals surface area contributed by atoms with E-state index in [-0.39, 0.29) is 12.3 Å². The highest BCUT2D eigenvalue weighted by molar-refractivity contribution is 5.79. The second-order valence-electron chi connectivity index (χ2n) is 5.89. The second kappa shape index (κ2) is 6.28. The molecule has 0 spiro atoms. The monoisotopic (exact) mass is 335 g/mol. The summed E-state index contributed by atoms with van der Waals surface area (Å²) in [5, 5.41) is 12.9. The van der Waals surface area contributed by atoms with Crippen LogP contribution in [-0.4, -0.2) is 17.1 Å². The topological polar surface area (TPSA) is 49.3 Å². The number of rotatable bonds is 3. The largest absolute Gasteiger partial charge is 0.416 e. The van der Waals surface area contributed by atoms with Crippen LogP contribution in [0.3, 0.4) is 0 Å². The number of alkyl halides is 3. The molecule has 2 aromatic rings. The quantitative estimate of drug-likeness (QED) is 0.906. The van der Waals surface area contributed by atoms with Crippen LogP contribution in [0.1, 0.15) is 28.3 Å². The Labute approximate surface area is 137 Å². The summed E-state index contributed by atoms with van der Waals surface area (Å²) in [5.74, 6) is -0.337. The van der Waals surface area contributed by atoms with Crippen molar-refractivity contribution in [3.8, 4) is 0 Å². The minimum atomic E-state index is -4.39. The van der Waals surface area contributed by atoms with Crippen molar-refractivity contribution in [2.45, 2.75) is 31.2 Å². The SMILES string of the molecule is O=C(Cc1ccc(C(F)(F)F)cc1)NC1c2ccccc2CC1O. The van der Waals surface area contributed by atoms with E-state index in [0.717, 1.165) is 23.3 Å². The Morgan fingerprint density at radius 2 is 1.79 bits per heavy atom. The number of benzene rings is 2. The lowest BCUT2D eigenvalue weighted by Crippen LogP contribution is -2.34. The van der Waals surface area contributed by atoms with Crippen molar-refractivity contribution in [1.82, 2.24) is 5.32 Å². The Morgan fingerprint density at radius 1 is 1.12 bits per heavy atom. The number of carbonyl (C=O) groups excluding carboxylic acids is 1. The van der Waals surface area contributed by atoms with E-state index < -0.39 is 23.9 Å². The first-order valence-corrected chi connectivity index (χ1v) is 7.56. The van der Waals surface area contributed by atoms with E-state index in [1.54, 1.807) is 0 Å². The fourth-order valence-electron chi connectivity index (χ4n) is 2.97. The molecule has 0 saturated carbocycles. The van der Waals surface area contributed by atoms with Crippen LogP contribution in [-0.2, 0) is 23.8 Å². The highest BCUT2D eigenvalue weighted by Crippen LogP contribution is 2.31. The average Bonchev–Trinajstić information content (AvgIpc) is 2.83. The Hall–Kier alpha value is -2.34. The van der Waals surface area contributed by atoms with Crippen LogP contribution in [0.4, 0.5) is 13.2 Å². The van der Waals surface area contributed by atoms with Gasteiger partial charge in [0.05, 0.1) is 24.1 Å². The Balaban J connectivity index is 1.66. The normalized spacial score (nSPS) is 19.8. The summed E-state index contributed by atoms with van der Waals surface area (Å²) < 4.78 is 37.6. The van der Waals surface area contributed by atoms with Crippen LogP contribution in [0.5, 0.6) is 0 Å². The summed E-state index contributed by atoms with van der Waals surface area (Å²) in [4.78, 5) is 12.2. The van der Waals surface area contributed by atoms with E-state index >= 15 is 0 Å². The fourth-order valence-corrected chi connectivity index (χ4v) is 2.97. The van der Waals surface area contributed by atoms with Crippen molar-refractivity contribution in [2.24, 2.45) is 0 Å². The predicted molar refractivity (Wildman–Crippen MR) is 82.2 cm³/mol. The molecule has 24 heavy (non-hydrogen) atoms. The zero-order valence-electron chi connectivity index (χ0n) is 12.7. The molecule has 0 heterocycles. The number of hydrogen-bond acceptors (Lipinski definition) is 2. The first-order valence-electron chi connectivity index (χ1n) is 7.56. The van der Waals surface area contributed by atoms with Gasteiger partial charge < -0.3 is 10.4 Å². The molecule has 1 aliphatic rings. The number of fused-ring (bicyclic) bond motifs is 1. The van der Waals surface area contributed by atoms with Crippen LogP contribution >= 0.6 is 0 Å². The van der Waals surface area contributed by atoms with E-state index in [1.165, 1.54) is 12.1 Å². The van der Waals surface area contributed by atoms with Gasteiger partial charge in [-0.15, -0.1) is 0 Å². The lowest BCUT2D eigenvalue weighted by Gasteiger charge is -2.18. The molecule has 2 N–H and O–H groups in total. The molecule has 0 radical (unpaired) electrons. The maximum Gasteiger partial charge on any atom is 0.416 e. The fraction of sp³-hybridized carbons (Fsp3) is 0.278. The molecule has 2 atom stereocenters. The van der Waals surface area contributed by atoms with Crippen molar-refractivity contribution >= 4 is 5.91 Å². The molecule has 0 aromatic heterocycles. The summed E-state index contributed by atoms with van der Waals surface area (Å²) in [6.07, 6.45) is -4.65. The van der Waals surface area contributed by atoms with Crippen molar-refractivity contribution in [2.75, 3.05) is 0 Å². The van der Waals surface area contributed by atoms with E-state index in [4.69, 9.17) is 0 Å². The number of aliphatic hydroxyl groups excluding tert-OH is 1. The first kappa shape index (κ1) is 16.5. The number of carbonyl (C=O) groups is 1. The van der Waals surface area contributed by atoms with Crippen LogP contribution in [0.2, 0.25) is 0 Å². The number of amides is 1. The molecular formula is C18H16F3NO2. The number of nitrogens with one attached hydrogen (secondary N) is 1. The van der Waals surface area contributed by atoms with E-state index in [2.05, 4.69) is 5.32 Å². The Morgan fingerprint density at radius 3 is 2.46 bits per heavy atom. The van der Waals surface area contributed by atoms with Crippen LogP contribution in [0.25, 0.3) is 0 Å². The van der Waals surface area contributed by atoms with Gasteiger partial charge in [0.2, 0.25) is 5.91 Å². The third kappa shape index (κ3) is 3.43. The maximum atomic E-state index is 12.5. The molecule has 1 amide bonds. The molecule has 0 aliphatic heterocycles. The minimum Gasteiger partial charge on any atom is -0.390 e. The van der Waals surface area contributed by atoms with Crippen LogP contribution < -0.4 is 5.32 Å². The lowest BCUT2D eigenvalue weighted by atomic mass is 10.1. The van der Waals surface area contributed by atoms with Gasteiger partial charge in [0, 0.05) is 6.42 Å². The Kier molecular flexibility index (Phi) is 4.32. The maximum absolute atomic E-state index is 12.5. The highest BCUT2D eigenvalue weighted by atomic mass is 19.4. The predicted octanol–water partition coefficient (Wildman–Crippen LogP) is 3.02. The van der Waals surface area contributed by atoms with E-state index in [1.807, 2.05) is 24.3 Å². The van der Waals surface area contributed by atoms with Gasteiger partial charge in [-0.1, -0.05) is 36.4 Å².